The first-order valence-corrected chi connectivity index (χ1v) is 22.8. The molecule has 2 aromatic carbocycles. The second kappa shape index (κ2) is 10.5. The van der Waals surface area contributed by atoms with E-state index in [4.69, 9.17) is 42.0 Å². The minimum Gasteiger partial charge on any atom is -0.506 e. The van der Waals surface area contributed by atoms with Gasteiger partial charge in [0.05, 0.1) is 30.8 Å². The van der Waals surface area contributed by atoms with Gasteiger partial charge in [-0.15, -0.1) is 0 Å². The number of benzene rings is 2. The Labute approximate surface area is 283 Å². The summed E-state index contributed by atoms with van der Waals surface area (Å²) >= 11 is 0. The molecule has 0 aromatic heterocycles. The molecule has 12 nitrogen and oxygen atoms in total. The van der Waals surface area contributed by atoms with Crippen LogP contribution in [0.25, 0.3) is 10.8 Å². The number of hydrogen-bond donors (Lipinski definition) is 2. The van der Waals surface area contributed by atoms with Crippen LogP contribution in [0.3, 0.4) is 0 Å². The summed E-state index contributed by atoms with van der Waals surface area (Å²) in [5.74, 6) is -3.19. The van der Waals surface area contributed by atoms with Crippen LogP contribution < -0.4 is 9.47 Å². The van der Waals surface area contributed by atoms with Gasteiger partial charge in [0.1, 0.15) is 29.5 Å². The number of carbonyl (C=O) groups is 1. The number of aliphatic hydroxyl groups is 1. The number of rotatable bonds is 8. The first-order chi connectivity index (χ1) is 22.2. The molecule has 7 atom stereocenters. The number of aryl methyl sites for hydroxylation is 1. The Morgan fingerprint density at radius 3 is 2.23 bits per heavy atom. The molecule has 4 heterocycles. The van der Waals surface area contributed by atoms with Crippen LogP contribution in [-0.4, -0.2) is 96.2 Å². The Morgan fingerprint density at radius 2 is 1.69 bits per heavy atom. The summed E-state index contributed by atoms with van der Waals surface area (Å²) in [5.41, 5.74) is 0.327. The van der Waals surface area contributed by atoms with Gasteiger partial charge in [-0.25, -0.2) is 0 Å². The van der Waals surface area contributed by atoms with Gasteiger partial charge in [-0.1, -0.05) is 20.8 Å². The van der Waals surface area contributed by atoms with Crippen LogP contribution in [0.5, 0.6) is 17.2 Å². The molecule has 264 valence electrons. The highest BCUT2D eigenvalue weighted by molar-refractivity contribution is 6.74. The van der Waals surface area contributed by atoms with Gasteiger partial charge in [0, 0.05) is 37.2 Å². The molecule has 2 bridgehead atoms. The van der Waals surface area contributed by atoms with E-state index in [2.05, 4.69) is 33.9 Å². The zero-order valence-electron chi connectivity index (χ0n) is 29.9. The predicted octanol–water partition coefficient (Wildman–Crippen LogP) is 5.37. The standard InChI is InChI=1S/C34H48O12Si2/c1-16-13-17-21(25(37)23-22(26(17)38-5)18(35)14-19(24(23)36)45-48(11,12)31(2,3)4)27-20(16)28-29-33(42-27,46-47(8,9)10)32(15-41-32)34(43-28,44-29)30(39-6)40-7/h13,18-19,28-30,35,37H,14-15H2,1-12H3/t18-,19-,28-,29-,32-,33-,34-/m0/s1. The number of aliphatic hydroxyl groups excluding tert-OH is 1. The van der Waals surface area contributed by atoms with Crippen molar-refractivity contribution >= 4 is 33.2 Å². The normalized spacial score (nSPS) is 33.8. The topological polar surface area (TPSA) is 144 Å². The Hall–Kier alpha value is -2.12. The smallest absolute Gasteiger partial charge is 0.268 e. The van der Waals surface area contributed by atoms with E-state index >= 15 is 0 Å². The van der Waals surface area contributed by atoms with E-state index in [0.717, 1.165) is 5.56 Å². The minimum atomic E-state index is -2.44. The van der Waals surface area contributed by atoms with Crippen LogP contribution in [0.1, 0.15) is 66.4 Å². The maximum absolute atomic E-state index is 14.4. The molecule has 0 radical (unpaired) electrons. The van der Waals surface area contributed by atoms with Crippen LogP contribution in [0.15, 0.2) is 6.07 Å². The lowest BCUT2D eigenvalue weighted by Crippen LogP contribution is -2.72. The Morgan fingerprint density at radius 1 is 1.04 bits per heavy atom. The van der Waals surface area contributed by atoms with Crippen molar-refractivity contribution in [1.29, 1.82) is 0 Å². The molecular formula is C34H48O12Si2. The zero-order valence-corrected chi connectivity index (χ0v) is 31.9. The second-order valence-electron chi connectivity index (χ2n) is 16.2. The fourth-order valence-electron chi connectivity index (χ4n) is 7.97. The third-order valence-corrected chi connectivity index (χ3v) is 16.5. The van der Waals surface area contributed by atoms with Crippen molar-refractivity contribution in [2.75, 3.05) is 27.9 Å². The molecule has 48 heavy (non-hydrogen) atoms. The molecule has 3 fully saturated rings. The van der Waals surface area contributed by atoms with Crippen LogP contribution in [-0.2, 0) is 32.5 Å². The van der Waals surface area contributed by atoms with E-state index in [1.54, 1.807) is 0 Å². The lowest BCUT2D eigenvalue weighted by Gasteiger charge is -2.51. The number of methoxy groups -OCH3 is 3. The van der Waals surface area contributed by atoms with E-state index in [1.807, 2.05) is 32.6 Å². The molecule has 1 aliphatic carbocycles. The summed E-state index contributed by atoms with van der Waals surface area (Å²) in [6, 6.07) is 1.85. The number of epoxide rings is 1. The first-order valence-electron chi connectivity index (χ1n) is 16.5. The quantitative estimate of drug-likeness (QED) is 0.207. The molecular weight excluding hydrogens is 657 g/mol. The van der Waals surface area contributed by atoms with Gasteiger partial charge in [-0.05, 0) is 56.3 Å². The molecule has 0 amide bonds. The van der Waals surface area contributed by atoms with E-state index in [9.17, 15) is 15.0 Å². The highest BCUT2D eigenvalue weighted by Gasteiger charge is 2.93. The molecule has 7 rings (SSSR count). The Balaban J connectivity index is 1.48. The predicted molar refractivity (Wildman–Crippen MR) is 179 cm³/mol. The Bertz CT molecular complexity index is 1700. The van der Waals surface area contributed by atoms with Crippen molar-refractivity contribution in [1.82, 2.24) is 0 Å². The molecule has 5 aliphatic rings. The molecule has 14 heteroatoms. The second-order valence-corrected chi connectivity index (χ2v) is 25.3. The van der Waals surface area contributed by atoms with Gasteiger partial charge in [0.15, 0.2) is 28.5 Å². The van der Waals surface area contributed by atoms with Crippen molar-refractivity contribution in [3.63, 3.8) is 0 Å². The third kappa shape index (κ3) is 4.24. The maximum Gasteiger partial charge on any atom is 0.268 e. The van der Waals surface area contributed by atoms with Gasteiger partial charge in [-0.2, -0.15) is 0 Å². The van der Waals surface area contributed by atoms with Crippen LogP contribution >= 0.6 is 0 Å². The number of ether oxygens (including phenoxy) is 7. The summed E-state index contributed by atoms with van der Waals surface area (Å²) in [7, 11) is -0.358. The fourth-order valence-corrected chi connectivity index (χ4v) is 10.5. The summed E-state index contributed by atoms with van der Waals surface area (Å²) in [5, 5.41) is 24.4. The monoisotopic (exact) mass is 704 g/mol. The summed E-state index contributed by atoms with van der Waals surface area (Å²) in [6.07, 6.45) is -4.49. The zero-order chi connectivity index (χ0) is 35.1. The van der Waals surface area contributed by atoms with Gasteiger partial charge in [0.25, 0.3) is 11.6 Å². The largest absolute Gasteiger partial charge is 0.506 e. The number of fused-ring (bicyclic) bond motifs is 8. The molecule has 3 saturated heterocycles. The summed E-state index contributed by atoms with van der Waals surface area (Å²) in [4.78, 5) is 14.4. The van der Waals surface area contributed by atoms with Crippen LogP contribution in [0.4, 0.5) is 0 Å². The number of phenols is 1. The molecule has 2 N–H and O–H groups in total. The van der Waals surface area contributed by atoms with Crippen molar-refractivity contribution in [3.8, 4) is 17.2 Å². The van der Waals surface area contributed by atoms with Crippen molar-refractivity contribution < 1.29 is 57.0 Å². The SMILES string of the molecule is COc1c2c(c(O)c3c4c(c(C)cc13)[C@@H]1O[C@@]3(C(OC)OC)O[C@@H]1[C@@](O[Si](C)(C)C)(O4)[C@@]31CO1)C(=O)[C@@H](O[Si](C)(C)C(C)(C)C)C[C@@H]2O. The number of ketones is 1. The number of carbonyl (C=O) groups excluding carboxylic acids is 1. The molecule has 1 spiro atoms. The van der Waals surface area contributed by atoms with E-state index in [-0.39, 0.29) is 51.8 Å². The number of hydrogen-bond acceptors (Lipinski definition) is 12. The molecule has 4 aliphatic heterocycles. The van der Waals surface area contributed by atoms with E-state index < -0.39 is 70.3 Å². The molecule has 0 saturated carbocycles. The van der Waals surface area contributed by atoms with Crippen LogP contribution in [0, 0.1) is 6.92 Å². The fraction of sp³-hybridized carbons (Fsp3) is 0.676. The van der Waals surface area contributed by atoms with Crippen molar-refractivity contribution in [3.05, 3.63) is 28.3 Å². The number of aromatic hydroxyl groups is 1. The van der Waals surface area contributed by atoms with Gasteiger partial charge < -0.3 is 52.2 Å². The third-order valence-electron chi connectivity index (χ3n) is 11.1. The highest BCUT2D eigenvalue weighted by Crippen LogP contribution is 2.72. The highest BCUT2D eigenvalue weighted by atomic mass is 28.4. The van der Waals surface area contributed by atoms with Gasteiger partial charge in [0.2, 0.25) is 11.9 Å². The van der Waals surface area contributed by atoms with Gasteiger partial charge >= 0.3 is 0 Å². The van der Waals surface area contributed by atoms with Crippen molar-refractivity contribution in [2.45, 2.75) is 120 Å². The van der Waals surface area contributed by atoms with Gasteiger partial charge in [-0.3, -0.25) is 4.79 Å². The summed E-state index contributed by atoms with van der Waals surface area (Å²) < 4.78 is 57.8. The van der Waals surface area contributed by atoms with Crippen molar-refractivity contribution in [2.24, 2.45) is 0 Å². The average molecular weight is 705 g/mol. The number of phenolic OH excluding ortho intramolecular Hbond substituents is 1. The lowest BCUT2D eigenvalue weighted by atomic mass is 9.78. The van der Waals surface area contributed by atoms with Crippen LogP contribution in [0.2, 0.25) is 37.8 Å². The van der Waals surface area contributed by atoms with E-state index in [0.29, 0.717) is 10.9 Å². The number of Topliss-reactive ketones (excluding diaryl/α,β-unsaturated/α-hetero) is 1. The minimum absolute atomic E-state index is 0.0403. The molecule has 0 unspecified atom stereocenters. The lowest BCUT2D eigenvalue weighted by molar-refractivity contribution is -0.342. The summed E-state index contributed by atoms with van der Waals surface area (Å²) in [6.45, 7) is 18.6. The van der Waals surface area contributed by atoms with E-state index in [1.165, 1.54) is 21.3 Å². The molecule has 2 aromatic rings. The first kappa shape index (κ1) is 34.3. The maximum atomic E-state index is 14.4. The Kier molecular flexibility index (Phi) is 7.49. The average Bonchev–Trinajstić information content (AvgIpc) is 3.64.